The molecule has 1 aromatic rings. The maximum atomic E-state index is 11.8. The molecule has 0 unspecified atom stereocenters. The Labute approximate surface area is 97.1 Å². The van der Waals surface area contributed by atoms with E-state index >= 15 is 0 Å². The van der Waals surface area contributed by atoms with Crippen LogP contribution in [0.25, 0.3) is 0 Å². The van der Waals surface area contributed by atoms with Crippen LogP contribution in [0.15, 0.2) is 29.2 Å². The van der Waals surface area contributed by atoms with Crippen molar-refractivity contribution in [2.45, 2.75) is 24.3 Å². The standard InChI is InChI=1S/C11H18N2O2S/c1-9(12)8-10-4-6-11(7-5-10)16(14,15)13(2)3/h4-7,9H,8,12H2,1-3H3/t9-/m0/s1. The molecular formula is C11H18N2O2S. The highest BCUT2D eigenvalue weighted by molar-refractivity contribution is 7.89. The molecule has 0 amide bonds. The van der Waals surface area contributed by atoms with Crippen LogP contribution in [0.5, 0.6) is 0 Å². The van der Waals surface area contributed by atoms with Gasteiger partial charge in [-0.2, -0.15) is 0 Å². The van der Waals surface area contributed by atoms with Crippen LogP contribution in [-0.2, 0) is 16.4 Å². The summed E-state index contributed by atoms with van der Waals surface area (Å²) in [5.41, 5.74) is 6.72. The zero-order valence-electron chi connectivity index (χ0n) is 9.84. The summed E-state index contributed by atoms with van der Waals surface area (Å²) in [5.74, 6) is 0. The van der Waals surface area contributed by atoms with Crippen molar-refractivity contribution in [2.75, 3.05) is 14.1 Å². The van der Waals surface area contributed by atoms with Crippen molar-refractivity contribution < 1.29 is 8.42 Å². The molecule has 1 atom stereocenters. The lowest BCUT2D eigenvalue weighted by atomic mass is 10.1. The fourth-order valence-corrected chi connectivity index (χ4v) is 2.28. The van der Waals surface area contributed by atoms with Crippen molar-refractivity contribution in [1.29, 1.82) is 0 Å². The first kappa shape index (κ1) is 13.2. The minimum absolute atomic E-state index is 0.0799. The summed E-state index contributed by atoms with van der Waals surface area (Å²) in [6, 6.07) is 6.93. The van der Waals surface area contributed by atoms with Gasteiger partial charge in [0.1, 0.15) is 0 Å². The topological polar surface area (TPSA) is 63.4 Å². The third kappa shape index (κ3) is 3.04. The molecule has 0 aromatic heterocycles. The molecule has 0 radical (unpaired) electrons. The molecular weight excluding hydrogens is 224 g/mol. The number of hydrogen-bond acceptors (Lipinski definition) is 3. The Hall–Kier alpha value is -0.910. The lowest BCUT2D eigenvalue weighted by molar-refractivity contribution is 0.520. The predicted molar refractivity (Wildman–Crippen MR) is 64.7 cm³/mol. The van der Waals surface area contributed by atoms with Crippen LogP contribution in [0, 0.1) is 0 Å². The molecule has 0 bridgehead atoms. The van der Waals surface area contributed by atoms with Crippen molar-refractivity contribution in [1.82, 2.24) is 4.31 Å². The fraction of sp³-hybridized carbons (Fsp3) is 0.455. The summed E-state index contributed by atoms with van der Waals surface area (Å²) in [6.07, 6.45) is 0.752. The smallest absolute Gasteiger partial charge is 0.242 e. The Balaban J connectivity index is 2.96. The quantitative estimate of drug-likeness (QED) is 0.850. The highest BCUT2D eigenvalue weighted by Crippen LogP contribution is 2.14. The molecule has 5 heteroatoms. The van der Waals surface area contributed by atoms with Gasteiger partial charge in [0.2, 0.25) is 10.0 Å². The van der Waals surface area contributed by atoms with Gasteiger partial charge in [0, 0.05) is 20.1 Å². The summed E-state index contributed by atoms with van der Waals surface area (Å²) in [6.45, 7) is 1.92. The largest absolute Gasteiger partial charge is 0.328 e. The second-order valence-electron chi connectivity index (χ2n) is 4.11. The summed E-state index contributed by atoms with van der Waals surface area (Å²) >= 11 is 0. The Bertz CT molecular complexity index is 436. The highest BCUT2D eigenvalue weighted by Gasteiger charge is 2.16. The van der Waals surface area contributed by atoms with Crippen molar-refractivity contribution >= 4 is 10.0 Å². The number of rotatable bonds is 4. The van der Waals surface area contributed by atoms with Crippen LogP contribution in [0.3, 0.4) is 0 Å². The average Bonchev–Trinajstić information content (AvgIpc) is 2.17. The number of nitrogens with zero attached hydrogens (tertiary/aromatic N) is 1. The number of hydrogen-bond donors (Lipinski definition) is 1. The molecule has 4 nitrogen and oxygen atoms in total. The van der Waals surface area contributed by atoms with Crippen molar-refractivity contribution in [3.8, 4) is 0 Å². The van der Waals surface area contributed by atoms with Crippen LogP contribution < -0.4 is 5.73 Å². The molecule has 0 saturated carbocycles. The molecule has 0 aliphatic carbocycles. The van der Waals surface area contributed by atoms with E-state index in [1.54, 1.807) is 24.3 Å². The molecule has 0 aliphatic rings. The van der Waals surface area contributed by atoms with E-state index in [0.29, 0.717) is 4.90 Å². The van der Waals surface area contributed by atoms with E-state index in [9.17, 15) is 8.42 Å². The molecule has 16 heavy (non-hydrogen) atoms. The Kier molecular flexibility index (Phi) is 4.07. The molecule has 0 spiro atoms. The van der Waals surface area contributed by atoms with E-state index in [2.05, 4.69) is 0 Å². The van der Waals surface area contributed by atoms with Gasteiger partial charge < -0.3 is 5.73 Å². The van der Waals surface area contributed by atoms with Crippen LogP contribution in [0.1, 0.15) is 12.5 Å². The minimum atomic E-state index is -3.32. The van der Waals surface area contributed by atoms with E-state index < -0.39 is 10.0 Å². The van der Waals surface area contributed by atoms with Gasteiger partial charge in [0.15, 0.2) is 0 Å². The van der Waals surface area contributed by atoms with Gasteiger partial charge in [-0.1, -0.05) is 12.1 Å². The lowest BCUT2D eigenvalue weighted by Gasteiger charge is -2.12. The minimum Gasteiger partial charge on any atom is -0.328 e. The molecule has 0 fully saturated rings. The van der Waals surface area contributed by atoms with Crippen molar-refractivity contribution in [3.05, 3.63) is 29.8 Å². The Morgan fingerprint density at radius 1 is 1.25 bits per heavy atom. The van der Waals surface area contributed by atoms with E-state index in [1.165, 1.54) is 18.4 Å². The van der Waals surface area contributed by atoms with Gasteiger partial charge in [-0.3, -0.25) is 0 Å². The van der Waals surface area contributed by atoms with Crippen molar-refractivity contribution in [2.24, 2.45) is 5.73 Å². The van der Waals surface area contributed by atoms with E-state index in [0.717, 1.165) is 12.0 Å². The zero-order chi connectivity index (χ0) is 12.3. The summed E-state index contributed by atoms with van der Waals surface area (Å²) < 4.78 is 24.7. The molecule has 1 rings (SSSR count). The highest BCUT2D eigenvalue weighted by atomic mass is 32.2. The zero-order valence-corrected chi connectivity index (χ0v) is 10.7. The third-order valence-corrected chi connectivity index (χ3v) is 4.09. The van der Waals surface area contributed by atoms with Gasteiger partial charge >= 0.3 is 0 Å². The van der Waals surface area contributed by atoms with Gasteiger partial charge in [-0.25, -0.2) is 12.7 Å². The van der Waals surface area contributed by atoms with Crippen molar-refractivity contribution in [3.63, 3.8) is 0 Å². The summed E-state index contributed by atoms with van der Waals surface area (Å²) in [4.78, 5) is 0.311. The first-order valence-corrected chi connectivity index (χ1v) is 6.55. The van der Waals surface area contributed by atoms with Crippen LogP contribution >= 0.6 is 0 Å². The normalized spacial score (nSPS) is 14.1. The third-order valence-electron chi connectivity index (χ3n) is 2.26. The molecule has 0 aliphatic heterocycles. The fourth-order valence-electron chi connectivity index (χ4n) is 1.38. The average molecular weight is 242 g/mol. The maximum absolute atomic E-state index is 11.8. The first-order valence-electron chi connectivity index (χ1n) is 5.11. The van der Waals surface area contributed by atoms with Gasteiger partial charge in [0.05, 0.1) is 4.90 Å². The first-order chi connectivity index (χ1) is 7.34. The summed E-state index contributed by atoms with van der Waals surface area (Å²) in [5, 5.41) is 0. The van der Waals surface area contributed by atoms with Crippen LogP contribution in [-0.4, -0.2) is 32.9 Å². The maximum Gasteiger partial charge on any atom is 0.242 e. The van der Waals surface area contributed by atoms with E-state index in [-0.39, 0.29) is 6.04 Å². The molecule has 2 N–H and O–H groups in total. The monoisotopic (exact) mass is 242 g/mol. The van der Waals surface area contributed by atoms with Gasteiger partial charge in [-0.05, 0) is 31.0 Å². The molecule has 0 saturated heterocycles. The second-order valence-corrected chi connectivity index (χ2v) is 6.26. The van der Waals surface area contributed by atoms with Crippen LogP contribution in [0.2, 0.25) is 0 Å². The van der Waals surface area contributed by atoms with E-state index in [4.69, 9.17) is 5.73 Å². The van der Waals surface area contributed by atoms with E-state index in [1.807, 2.05) is 6.92 Å². The SMILES string of the molecule is C[C@H](N)Cc1ccc(S(=O)(=O)N(C)C)cc1. The van der Waals surface area contributed by atoms with Gasteiger partial charge in [0.25, 0.3) is 0 Å². The number of nitrogens with two attached hydrogens (primary N) is 1. The predicted octanol–water partition coefficient (Wildman–Crippen LogP) is 0.827. The molecule has 1 aromatic carbocycles. The van der Waals surface area contributed by atoms with Crippen LogP contribution in [0.4, 0.5) is 0 Å². The number of benzene rings is 1. The summed E-state index contributed by atoms with van der Waals surface area (Å²) in [7, 11) is -0.282. The van der Waals surface area contributed by atoms with Gasteiger partial charge in [-0.15, -0.1) is 0 Å². The molecule has 90 valence electrons. The Morgan fingerprint density at radius 2 is 1.75 bits per heavy atom. The Morgan fingerprint density at radius 3 is 2.12 bits per heavy atom. The molecule has 0 heterocycles. The number of sulfonamides is 1. The second kappa shape index (κ2) is 4.95. The lowest BCUT2D eigenvalue weighted by Crippen LogP contribution is -2.22.